The van der Waals surface area contributed by atoms with E-state index in [1.807, 2.05) is 47.0 Å². The van der Waals surface area contributed by atoms with Crippen LogP contribution < -0.4 is 10.9 Å². The van der Waals surface area contributed by atoms with E-state index in [0.29, 0.717) is 29.8 Å². The number of amides is 1. The molecule has 0 aliphatic heterocycles. The summed E-state index contributed by atoms with van der Waals surface area (Å²) in [6, 6.07) is 23.3. The third kappa shape index (κ3) is 4.34. The Morgan fingerprint density at radius 2 is 1.68 bits per heavy atom. The van der Waals surface area contributed by atoms with Gasteiger partial charge >= 0.3 is 0 Å². The number of aromatic nitrogens is 3. The van der Waals surface area contributed by atoms with Crippen LogP contribution in [0.15, 0.2) is 94.9 Å². The Morgan fingerprint density at radius 1 is 0.941 bits per heavy atom. The van der Waals surface area contributed by atoms with Gasteiger partial charge in [0.1, 0.15) is 5.52 Å². The molecular formula is C27H24N4O2S. The van der Waals surface area contributed by atoms with Crippen LogP contribution in [0.5, 0.6) is 0 Å². The molecule has 3 aromatic heterocycles. The van der Waals surface area contributed by atoms with Crippen molar-refractivity contribution < 1.29 is 4.79 Å². The summed E-state index contributed by atoms with van der Waals surface area (Å²) in [6.07, 6.45) is 6.40. The summed E-state index contributed by atoms with van der Waals surface area (Å²) in [5.41, 5.74) is 4.74. The highest BCUT2D eigenvalue weighted by molar-refractivity contribution is 7.98. The summed E-state index contributed by atoms with van der Waals surface area (Å²) in [5.74, 6) is -0.105. The molecule has 34 heavy (non-hydrogen) atoms. The normalized spacial score (nSPS) is 11.2. The van der Waals surface area contributed by atoms with Crippen LogP contribution >= 0.6 is 11.8 Å². The number of hydrogen-bond acceptors (Lipinski definition) is 4. The van der Waals surface area contributed by atoms with E-state index in [1.54, 1.807) is 34.7 Å². The first kappa shape index (κ1) is 22.0. The second kappa shape index (κ2) is 9.57. The van der Waals surface area contributed by atoms with Gasteiger partial charge in [0, 0.05) is 29.4 Å². The maximum atomic E-state index is 13.1. The maximum Gasteiger partial charge on any atom is 0.276 e. The van der Waals surface area contributed by atoms with Gasteiger partial charge in [0.2, 0.25) is 0 Å². The molecule has 0 aliphatic carbocycles. The maximum absolute atomic E-state index is 13.1. The lowest BCUT2D eigenvalue weighted by Gasteiger charge is -2.12. The lowest BCUT2D eigenvalue weighted by atomic mass is 10.1. The summed E-state index contributed by atoms with van der Waals surface area (Å²) in [7, 11) is 0. The van der Waals surface area contributed by atoms with Crippen molar-refractivity contribution in [2.75, 3.05) is 12.8 Å². The third-order valence-electron chi connectivity index (χ3n) is 5.91. The molecule has 0 aliphatic rings. The van der Waals surface area contributed by atoms with Gasteiger partial charge in [0.15, 0.2) is 5.65 Å². The highest BCUT2D eigenvalue weighted by atomic mass is 32.2. The number of nitrogens with one attached hydrogen (secondary N) is 1. The predicted octanol–water partition coefficient (Wildman–Crippen LogP) is 4.39. The number of rotatable bonds is 7. The number of nitrogens with zero attached hydrogens (tertiary/aromatic N) is 3. The van der Waals surface area contributed by atoms with Crippen molar-refractivity contribution in [1.29, 1.82) is 0 Å². The monoisotopic (exact) mass is 468 g/mol. The van der Waals surface area contributed by atoms with Gasteiger partial charge in [-0.05, 0) is 72.3 Å². The number of hydrogen-bond donors (Lipinski definition) is 1. The smallest absolute Gasteiger partial charge is 0.276 e. The fourth-order valence-corrected chi connectivity index (χ4v) is 4.50. The van der Waals surface area contributed by atoms with Gasteiger partial charge in [-0.25, -0.2) is 4.98 Å². The molecule has 2 aromatic carbocycles. The van der Waals surface area contributed by atoms with E-state index in [4.69, 9.17) is 0 Å². The molecule has 0 atom stereocenters. The van der Waals surface area contributed by atoms with Crippen LogP contribution in [-0.2, 0) is 13.0 Å². The quantitative estimate of drug-likeness (QED) is 0.360. The van der Waals surface area contributed by atoms with Crippen molar-refractivity contribution in [2.24, 2.45) is 0 Å². The minimum Gasteiger partial charge on any atom is -0.352 e. The third-order valence-corrected chi connectivity index (χ3v) is 6.65. The van der Waals surface area contributed by atoms with E-state index in [9.17, 15) is 9.59 Å². The summed E-state index contributed by atoms with van der Waals surface area (Å²) < 4.78 is 3.55. The zero-order valence-corrected chi connectivity index (χ0v) is 19.6. The van der Waals surface area contributed by atoms with Gasteiger partial charge < -0.3 is 9.72 Å². The highest BCUT2D eigenvalue weighted by Gasteiger charge is 2.12. The molecule has 3 heterocycles. The molecule has 0 fully saturated rings. The van der Waals surface area contributed by atoms with Crippen molar-refractivity contribution >= 4 is 34.3 Å². The Bertz CT molecular complexity index is 1520. The molecule has 0 bridgehead atoms. The Kier molecular flexibility index (Phi) is 6.18. The first-order valence-corrected chi connectivity index (χ1v) is 12.3. The molecule has 0 spiro atoms. The molecule has 1 amide bonds. The number of fused-ring (bicyclic) bond motifs is 3. The molecule has 6 nitrogen and oxygen atoms in total. The fraction of sp³-hybridized carbons (Fsp3) is 0.148. The summed E-state index contributed by atoms with van der Waals surface area (Å²) in [5, 5.41) is 2.98. The molecule has 0 saturated carbocycles. The van der Waals surface area contributed by atoms with E-state index in [2.05, 4.69) is 40.8 Å². The zero-order chi connectivity index (χ0) is 23.5. The van der Waals surface area contributed by atoms with E-state index < -0.39 is 0 Å². The van der Waals surface area contributed by atoms with Gasteiger partial charge in [-0.1, -0.05) is 24.3 Å². The summed E-state index contributed by atoms with van der Waals surface area (Å²) >= 11 is 1.71. The number of carbonyl (C=O) groups excluding carboxylic acids is 1. The summed E-state index contributed by atoms with van der Waals surface area (Å²) in [6.45, 7) is 0.950. The Hall–Kier alpha value is -3.84. The zero-order valence-electron chi connectivity index (χ0n) is 18.8. The van der Waals surface area contributed by atoms with Crippen molar-refractivity contribution in [1.82, 2.24) is 19.3 Å². The molecular weight excluding hydrogens is 444 g/mol. The SMILES string of the molecule is CSc1ccc(CCNC(=O)c2ccc(Cn3c(=O)c4cccn4c4cccnc43)cc2)cc1. The van der Waals surface area contributed by atoms with Gasteiger partial charge in [0.05, 0.1) is 12.1 Å². The topological polar surface area (TPSA) is 68.4 Å². The number of thioether (sulfide) groups is 1. The van der Waals surface area contributed by atoms with Crippen LogP contribution in [-0.4, -0.2) is 32.7 Å². The van der Waals surface area contributed by atoms with Crippen molar-refractivity contribution in [3.8, 4) is 0 Å². The lowest BCUT2D eigenvalue weighted by Crippen LogP contribution is -2.26. The van der Waals surface area contributed by atoms with Crippen molar-refractivity contribution in [2.45, 2.75) is 17.9 Å². The van der Waals surface area contributed by atoms with Crippen molar-refractivity contribution in [3.63, 3.8) is 0 Å². The average molecular weight is 469 g/mol. The molecule has 0 unspecified atom stereocenters. The fourth-order valence-electron chi connectivity index (χ4n) is 4.09. The largest absolute Gasteiger partial charge is 0.352 e. The number of carbonyl (C=O) groups is 1. The molecule has 0 saturated heterocycles. The minimum absolute atomic E-state index is 0.0939. The second-order valence-electron chi connectivity index (χ2n) is 8.05. The Balaban J connectivity index is 1.29. The Morgan fingerprint density at radius 3 is 2.44 bits per heavy atom. The number of benzene rings is 2. The van der Waals surface area contributed by atoms with Crippen LogP contribution in [0.2, 0.25) is 0 Å². The van der Waals surface area contributed by atoms with Gasteiger partial charge in [0.25, 0.3) is 11.5 Å². The van der Waals surface area contributed by atoms with Crippen LogP contribution in [0.25, 0.3) is 16.7 Å². The highest BCUT2D eigenvalue weighted by Crippen LogP contribution is 2.16. The van der Waals surface area contributed by atoms with Gasteiger partial charge in [-0.15, -0.1) is 11.8 Å². The van der Waals surface area contributed by atoms with E-state index >= 15 is 0 Å². The van der Waals surface area contributed by atoms with Crippen LogP contribution in [0.1, 0.15) is 21.5 Å². The molecule has 5 aromatic rings. The molecule has 7 heteroatoms. The van der Waals surface area contributed by atoms with Crippen LogP contribution in [0.4, 0.5) is 0 Å². The van der Waals surface area contributed by atoms with E-state index in [1.165, 1.54) is 10.5 Å². The standard InChI is InChI=1S/C27H24N4O2S/c1-34-22-12-8-19(9-13-22)14-16-29-26(32)21-10-6-20(7-11-21)18-31-25-23(4-2-15-28-25)30-17-3-5-24(30)27(31)33/h2-13,15,17H,14,16,18H2,1H3,(H,29,32). The van der Waals surface area contributed by atoms with E-state index in [-0.39, 0.29) is 11.5 Å². The first-order valence-electron chi connectivity index (χ1n) is 11.1. The first-order chi connectivity index (χ1) is 16.6. The lowest BCUT2D eigenvalue weighted by molar-refractivity contribution is 0.0954. The molecule has 5 rings (SSSR count). The van der Waals surface area contributed by atoms with E-state index in [0.717, 1.165) is 17.5 Å². The average Bonchev–Trinajstić information content (AvgIpc) is 3.38. The van der Waals surface area contributed by atoms with Crippen molar-refractivity contribution in [3.05, 3.63) is 112 Å². The van der Waals surface area contributed by atoms with Crippen LogP contribution in [0.3, 0.4) is 0 Å². The molecule has 1 N–H and O–H groups in total. The van der Waals surface area contributed by atoms with Gasteiger partial charge in [-0.2, -0.15) is 0 Å². The molecule has 0 radical (unpaired) electrons. The molecule has 170 valence electrons. The number of pyridine rings is 1. The predicted molar refractivity (Wildman–Crippen MR) is 137 cm³/mol. The van der Waals surface area contributed by atoms with Crippen LogP contribution in [0, 0.1) is 0 Å². The van der Waals surface area contributed by atoms with Gasteiger partial charge in [-0.3, -0.25) is 14.2 Å². The second-order valence-corrected chi connectivity index (χ2v) is 8.93. The summed E-state index contributed by atoms with van der Waals surface area (Å²) in [4.78, 5) is 31.3. The Labute approximate surface area is 201 Å². The minimum atomic E-state index is -0.105.